The Morgan fingerprint density at radius 1 is 1.00 bits per heavy atom. The maximum absolute atomic E-state index is 12.5. The number of hydrogen-bond donors (Lipinski definition) is 1. The van der Waals surface area contributed by atoms with Crippen LogP contribution in [0.2, 0.25) is 0 Å². The van der Waals surface area contributed by atoms with Gasteiger partial charge in [-0.2, -0.15) is 0 Å². The Kier molecular flexibility index (Phi) is 5.36. The number of rotatable bonds is 6. The smallest absolute Gasteiger partial charge is 0.254 e. The fraction of sp³-hybridized carbons (Fsp3) is 0.222. The van der Waals surface area contributed by atoms with Gasteiger partial charge in [0.1, 0.15) is 11.5 Å². The third kappa shape index (κ3) is 4.57. The normalized spacial score (nSPS) is 10.4. The molecule has 5 nitrogen and oxygen atoms in total. The van der Waals surface area contributed by atoms with Gasteiger partial charge in [-0.3, -0.25) is 9.59 Å². The lowest BCUT2D eigenvalue weighted by Crippen LogP contribution is -2.42. The first-order valence-electron chi connectivity index (χ1n) is 7.39. The second-order valence-electron chi connectivity index (χ2n) is 5.43. The third-order valence-corrected chi connectivity index (χ3v) is 3.29. The molecule has 0 aliphatic rings. The molecule has 2 rings (SSSR count). The maximum Gasteiger partial charge on any atom is 0.254 e. The first-order chi connectivity index (χ1) is 11.0. The summed E-state index contributed by atoms with van der Waals surface area (Å²) in [7, 11) is 0. The number of hydrogen-bond acceptors (Lipinski definition) is 3. The summed E-state index contributed by atoms with van der Waals surface area (Å²) in [5.41, 5.74) is 5.69. The van der Waals surface area contributed by atoms with Crippen LogP contribution in [0, 0.1) is 0 Å². The Balaban J connectivity index is 2.11. The predicted molar refractivity (Wildman–Crippen MR) is 88.3 cm³/mol. The number of amides is 2. The van der Waals surface area contributed by atoms with Gasteiger partial charge in [-0.05, 0) is 50.2 Å². The molecule has 0 unspecified atom stereocenters. The maximum atomic E-state index is 12.5. The molecule has 0 aliphatic carbocycles. The van der Waals surface area contributed by atoms with Crippen molar-refractivity contribution in [3.8, 4) is 11.5 Å². The zero-order valence-corrected chi connectivity index (χ0v) is 13.2. The van der Waals surface area contributed by atoms with Gasteiger partial charge < -0.3 is 15.4 Å². The fourth-order valence-corrected chi connectivity index (χ4v) is 2.11. The average Bonchev–Trinajstić information content (AvgIpc) is 2.53. The fourth-order valence-electron chi connectivity index (χ4n) is 2.11. The van der Waals surface area contributed by atoms with Crippen LogP contribution in [0.1, 0.15) is 24.2 Å². The predicted octanol–water partition coefficient (Wildman–Crippen LogP) is 2.81. The standard InChI is InChI=1S/C18H20N2O3/c1-13(2)20(12-17(19)21)18(22)14-8-10-16(11-9-14)23-15-6-4-3-5-7-15/h3-11,13H,12H2,1-2H3,(H2,19,21). The topological polar surface area (TPSA) is 72.6 Å². The van der Waals surface area contributed by atoms with E-state index in [1.165, 1.54) is 4.90 Å². The van der Waals surface area contributed by atoms with Crippen LogP contribution < -0.4 is 10.5 Å². The lowest BCUT2D eigenvalue weighted by molar-refractivity contribution is -0.119. The molecule has 2 N–H and O–H groups in total. The summed E-state index contributed by atoms with van der Waals surface area (Å²) < 4.78 is 5.69. The molecule has 23 heavy (non-hydrogen) atoms. The van der Waals surface area contributed by atoms with Crippen molar-refractivity contribution in [3.05, 3.63) is 60.2 Å². The summed E-state index contributed by atoms with van der Waals surface area (Å²) in [4.78, 5) is 25.0. The Bertz CT molecular complexity index is 666. The zero-order chi connectivity index (χ0) is 16.8. The molecule has 0 heterocycles. The molecule has 2 aromatic rings. The second kappa shape index (κ2) is 7.45. The Morgan fingerprint density at radius 2 is 1.57 bits per heavy atom. The van der Waals surface area contributed by atoms with E-state index in [-0.39, 0.29) is 18.5 Å². The van der Waals surface area contributed by atoms with Crippen LogP contribution in [0.4, 0.5) is 0 Å². The summed E-state index contributed by atoms with van der Waals surface area (Å²) in [5.74, 6) is 0.601. The van der Waals surface area contributed by atoms with Gasteiger partial charge in [-0.1, -0.05) is 18.2 Å². The highest BCUT2D eigenvalue weighted by Crippen LogP contribution is 2.21. The van der Waals surface area contributed by atoms with Crippen molar-refractivity contribution >= 4 is 11.8 Å². The quantitative estimate of drug-likeness (QED) is 0.891. The van der Waals surface area contributed by atoms with Crippen LogP contribution in [-0.2, 0) is 4.79 Å². The molecule has 0 aromatic heterocycles. The van der Waals surface area contributed by atoms with Gasteiger partial charge in [-0.25, -0.2) is 0 Å². The minimum Gasteiger partial charge on any atom is -0.457 e. The number of benzene rings is 2. The Hall–Kier alpha value is -2.82. The van der Waals surface area contributed by atoms with Gasteiger partial charge in [0.25, 0.3) is 5.91 Å². The van der Waals surface area contributed by atoms with Crippen molar-refractivity contribution < 1.29 is 14.3 Å². The van der Waals surface area contributed by atoms with E-state index in [0.717, 1.165) is 5.75 Å². The molecule has 5 heteroatoms. The van der Waals surface area contributed by atoms with Crippen LogP contribution in [0.25, 0.3) is 0 Å². The summed E-state index contributed by atoms with van der Waals surface area (Å²) >= 11 is 0. The van der Waals surface area contributed by atoms with Crippen LogP contribution in [0.3, 0.4) is 0 Å². The number of carbonyl (C=O) groups excluding carboxylic acids is 2. The number of nitrogens with two attached hydrogens (primary N) is 1. The molecule has 2 aromatic carbocycles. The van der Waals surface area contributed by atoms with E-state index in [1.54, 1.807) is 24.3 Å². The zero-order valence-electron chi connectivity index (χ0n) is 13.2. The number of carbonyl (C=O) groups is 2. The highest BCUT2D eigenvalue weighted by Gasteiger charge is 2.20. The van der Waals surface area contributed by atoms with E-state index in [1.807, 2.05) is 44.2 Å². The minimum absolute atomic E-state index is 0.0984. The molecule has 0 fully saturated rings. The first-order valence-corrected chi connectivity index (χ1v) is 7.39. The molecule has 0 saturated carbocycles. The van der Waals surface area contributed by atoms with Crippen LogP contribution in [0.5, 0.6) is 11.5 Å². The summed E-state index contributed by atoms with van der Waals surface area (Å²) in [5, 5.41) is 0. The van der Waals surface area contributed by atoms with E-state index in [4.69, 9.17) is 10.5 Å². The molecule has 0 saturated heterocycles. The van der Waals surface area contributed by atoms with Gasteiger partial charge in [0.05, 0.1) is 6.54 Å². The minimum atomic E-state index is -0.531. The van der Waals surface area contributed by atoms with Crippen LogP contribution in [-0.4, -0.2) is 29.3 Å². The highest BCUT2D eigenvalue weighted by atomic mass is 16.5. The Labute approximate surface area is 135 Å². The summed E-state index contributed by atoms with van der Waals surface area (Å²) in [6, 6.07) is 16.1. The van der Waals surface area contributed by atoms with Crippen molar-refractivity contribution in [1.82, 2.24) is 4.90 Å². The third-order valence-electron chi connectivity index (χ3n) is 3.29. The van der Waals surface area contributed by atoms with Crippen molar-refractivity contribution in [2.24, 2.45) is 5.73 Å². The summed E-state index contributed by atoms with van der Waals surface area (Å²) in [6.07, 6.45) is 0. The monoisotopic (exact) mass is 312 g/mol. The molecule has 120 valence electrons. The van der Waals surface area contributed by atoms with Crippen LogP contribution in [0.15, 0.2) is 54.6 Å². The number of para-hydroxylation sites is 1. The highest BCUT2D eigenvalue weighted by molar-refractivity contribution is 5.96. The lowest BCUT2D eigenvalue weighted by Gasteiger charge is -2.25. The molecule has 0 bridgehead atoms. The molecule has 0 radical (unpaired) electrons. The largest absolute Gasteiger partial charge is 0.457 e. The number of primary amides is 1. The van der Waals surface area contributed by atoms with E-state index < -0.39 is 5.91 Å². The van der Waals surface area contributed by atoms with Gasteiger partial charge >= 0.3 is 0 Å². The molecular weight excluding hydrogens is 292 g/mol. The summed E-state index contributed by atoms with van der Waals surface area (Å²) in [6.45, 7) is 3.58. The van der Waals surface area contributed by atoms with Crippen molar-refractivity contribution in [2.45, 2.75) is 19.9 Å². The molecule has 0 atom stereocenters. The molecule has 2 amide bonds. The van der Waals surface area contributed by atoms with Gasteiger partial charge in [0, 0.05) is 11.6 Å². The Morgan fingerprint density at radius 3 is 2.09 bits per heavy atom. The second-order valence-corrected chi connectivity index (χ2v) is 5.43. The molecular formula is C18H20N2O3. The van der Waals surface area contributed by atoms with Crippen LogP contribution >= 0.6 is 0 Å². The van der Waals surface area contributed by atoms with Crippen molar-refractivity contribution in [2.75, 3.05) is 6.54 Å². The van der Waals surface area contributed by atoms with Crippen molar-refractivity contribution in [1.29, 1.82) is 0 Å². The van der Waals surface area contributed by atoms with Gasteiger partial charge in [0.2, 0.25) is 5.91 Å². The van der Waals surface area contributed by atoms with E-state index in [0.29, 0.717) is 11.3 Å². The number of ether oxygens (including phenoxy) is 1. The molecule has 0 aliphatic heterocycles. The van der Waals surface area contributed by atoms with E-state index in [2.05, 4.69) is 0 Å². The lowest BCUT2D eigenvalue weighted by atomic mass is 10.1. The SMILES string of the molecule is CC(C)N(CC(N)=O)C(=O)c1ccc(Oc2ccccc2)cc1. The van der Waals surface area contributed by atoms with Gasteiger partial charge in [-0.15, -0.1) is 0 Å². The average molecular weight is 312 g/mol. The van der Waals surface area contributed by atoms with E-state index in [9.17, 15) is 9.59 Å². The van der Waals surface area contributed by atoms with Crippen molar-refractivity contribution in [3.63, 3.8) is 0 Å². The first kappa shape index (κ1) is 16.5. The van der Waals surface area contributed by atoms with E-state index >= 15 is 0 Å². The molecule has 0 spiro atoms. The van der Waals surface area contributed by atoms with Gasteiger partial charge in [0.15, 0.2) is 0 Å². The number of nitrogens with zero attached hydrogens (tertiary/aromatic N) is 1.